The second-order valence-corrected chi connectivity index (χ2v) is 6.27. The van der Waals surface area contributed by atoms with E-state index in [1.165, 1.54) is 17.5 Å². The lowest BCUT2D eigenvalue weighted by Gasteiger charge is -2.33. The maximum Gasteiger partial charge on any atom is 0.240 e. The van der Waals surface area contributed by atoms with Gasteiger partial charge in [-0.2, -0.15) is 0 Å². The number of carbonyl (C=O) groups is 1. The van der Waals surface area contributed by atoms with Crippen LogP contribution in [0.2, 0.25) is 0 Å². The minimum absolute atomic E-state index is 0. The minimum atomic E-state index is -0.744. The van der Waals surface area contributed by atoms with Crippen molar-refractivity contribution in [3.8, 4) is 0 Å². The highest BCUT2D eigenvalue weighted by atomic mass is 35.5. The first-order valence-corrected chi connectivity index (χ1v) is 7.92. The predicted molar refractivity (Wildman–Crippen MR) is 89.4 cm³/mol. The van der Waals surface area contributed by atoms with Crippen molar-refractivity contribution in [3.63, 3.8) is 0 Å². The summed E-state index contributed by atoms with van der Waals surface area (Å²) in [5.41, 5.74) is 8.30. The van der Waals surface area contributed by atoms with Crippen LogP contribution >= 0.6 is 12.4 Å². The van der Waals surface area contributed by atoms with Crippen molar-refractivity contribution >= 4 is 18.3 Å². The van der Waals surface area contributed by atoms with E-state index in [-0.39, 0.29) is 18.3 Å². The largest absolute Gasteiger partial charge is 0.381 e. The van der Waals surface area contributed by atoms with E-state index in [1.807, 2.05) is 0 Å². The first-order chi connectivity index (χ1) is 10.2. The van der Waals surface area contributed by atoms with Gasteiger partial charge in [0.15, 0.2) is 0 Å². The fourth-order valence-electron chi connectivity index (χ4n) is 3.42. The van der Waals surface area contributed by atoms with Crippen LogP contribution in [0.15, 0.2) is 24.3 Å². The number of benzene rings is 1. The van der Waals surface area contributed by atoms with Crippen molar-refractivity contribution in [2.75, 3.05) is 19.8 Å². The van der Waals surface area contributed by atoms with Gasteiger partial charge in [0.2, 0.25) is 5.91 Å². The topological polar surface area (TPSA) is 64.4 Å². The van der Waals surface area contributed by atoms with Gasteiger partial charge in [-0.05, 0) is 43.2 Å². The van der Waals surface area contributed by atoms with Crippen molar-refractivity contribution in [2.45, 2.75) is 43.6 Å². The van der Waals surface area contributed by atoms with Gasteiger partial charge in [0.05, 0.1) is 5.54 Å². The maximum atomic E-state index is 12.4. The van der Waals surface area contributed by atoms with Gasteiger partial charge in [-0.15, -0.1) is 12.4 Å². The third-order valence-corrected chi connectivity index (χ3v) is 4.84. The smallest absolute Gasteiger partial charge is 0.240 e. The van der Waals surface area contributed by atoms with E-state index in [9.17, 15) is 4.79 Å². The third kappa shape index (κ3) is 3.62. The second-order valence-electron chi connectivity index (χ2n) is 6.27. The molecule has 0 bridgehead atoms. The lowest BCUT2D eigenvalue weighted by molar-refractivity contribution is -0.129. The summed E-state index contributed by atoms with van der Waals surface area (Å²) in [5.74, 6) is 0.399. The Morgan fingerprint density at radius 1 is 1.32 bits per heavy atom. The Bertz CT molecular complexity index is 515. The normalized spacial score (nSPS) is 23.0. The van der Waals surface area contributed by atoms with Gasteiger partial charge in [-0.1, -0.05) is 24.3 Å². The summed E-state index contributed by atoms with van der Waals surface area (Å²) in [7, 11) is 0. The maximum absolute atomic E-state index is 12.4. The monoisotopic (exact) mass is 324 g/mol. The van der Waals surface area contributed by atoms with E-state index < -0.39 is 5.54 Å². The molecule has 5 heteroatoms. The van der Waals surface area contributed by atoms with Crippen LogP contribution in [-0.2, 0) is 16.0 Å². The number of ether oxygens (including phenoxy) is 1. The Kier molecular flexibility index (Phi) is 5.84. The van der Waals surface area contributed by atoms with Crippen molar-refractivity contribution in [1.82, 2.24) is 5.32 Å². The molecule has 1 aromatic rings. The third-order valence-electron chi connectivity index (χ3n) is 4.84. The number of nitrogens with one attached hydrogen (secondary N) is 1. The molecule has 122 valence electrons. The first-order valence-electron chi connectivity index (χ1n) is 7.92. The van der Waals surface area contributed by atoms with E-state index in [0.717, 1.165) is 12.8 Å². The van der Waals surface area contributed by atoms with E-state index in [1.54, 1.807) is 0 Å². The molecule has 4 nitrogen and oxygen atoms in total. The number of carbonyl (C=O) groups excluding carboxylic acids is 1. The van der Waals surface area contributed by atoms with Crippen LogP contribution in [0.3, 0.4) is 0 Å². The summed E-state index contributed by atoms with van der Waals surface area (Å²) >= 11 is 0. The van der Waals surface area contributed by atoms with Gasteiger partial charge in [0.1, 0.15) is 0 Å². The zero-order chi connectivity index (χ0) is 14.7. The van der Waals surface area contributed by atoms with Crippen LogP contribution in [0.4, 0.5) is 0 Å². The van der Waals surface area contributed by atoms with Gasteiger partial charge >= 0.3 is 0 Å². The lowest BCUT2D eigenvalue weighted by atomic mass is 9.82. The molecule has 1 unspecified atom stereocenters. The standard InChI is InChI=1S/C17H24N2O2.ClH/c18-17(8-10-21-11-9-17)16(20)19-12-14-6-3-5-13-4-1-2-7-15(13)14;/h1-2,4,7,14H,3,5-6,8-12,18H2,(H,19,20);1H. The Hall–Kier alpha value is -1.10. The first kappa shape index (κ1) is 17.3. The molecule has 0 radical (unpaired) electrons. The molecule has 1 saturated heterocycles. The summed E-state index contributed by atoms with van der Waals surface area (Å²) in [6, 6.07) is 8.57. The highest BCUT2D eigenvalue weighted by Crippen LogP contribution is 2.31. The zero-order valence-corrected chi connectivity index (χ0v) is 13.7. The van der Waals surface area contributed by atoms with E-state index in [0.29, 0.717) is 38.5 Å². The van der Waals surface area contributed by atoms with Gasteiger partial charge in [-0.25, -0.2) is 0 Å². The number of hydrogen-bond donors (Lipinski definition) is 2. The highest BCUT2D eigenvalue weighted by Gasteiger charge is 2.36. The molecular weight excluding hydrogens is 300 g/mol. The van der Waals surface area contributed by atoms with E-state index in [4.69, 9.17) is 10.5 Å². The molecule has 22 heavy (non-hydrogen) atoms. The fourth-order valence-corrected chi connectivity index (χ4v) is 3.42. The number of rotatable bonds is 3. The number of hydrogen-bond acceptors (Lipinski definition) is 3. The van der Waals surface area contributed by atoms with Crippen LogP contribution in [0.25, 0.3) is 0 Å². The van der Waals surface area contributed by atoms with Gasteiger partial charge in [0.25, 0.3) is 0 Å². The molecule has 0 saturated carbocycles. The average molecular weight is 325 g/mol. The van der Waals surface area contributed by atoms with Crippen LogP contribution < -0.4 is 11.1 Å². The molecule has 1 fully saturated rings. The molecule has 2 aliphatic rings. The Morgan fingerprint density at radius 2 is 2.05 bits per heavy atom. The SMILES string of the molecule is Cl.NC1(C(=O)NCC2CCCc3ccccc32)CCOCC1. The average Bonchev–Trinajstić information content (AvgIpc) is 2.53. The Balaban J connectivity index is 0.00000176. The molecule has 1 aromatic carbocycles. The van der Waals surface area contributed by atoms with Crippen LogP contribution in [-0.4, -0.2) is 31.2 Å². The van der Waals surface area contributed by atoms with Crippen molar-refractivity contribution in [3.05, 3.63) is 35.4 Å². The van der Waals surface area contributed by atoms with Crippen LogP contribution in [0.1, 0.15) is 42.7 Å². The predicted octanol–water partition coefficient (Wildman–Crippen LogP) is 2.15. The molecular formula is C17H25ClN2O2. The second kappa shape index (κ2) is 7.44. The van der Waals surface area contributed by atoms with Gasteiger partial charge < -0.3 is 15.8 Å². The number of halogens is 1. The van der Waals surface area contributed by atoms with Crippen molar-refractivity contribution in [1.29, 1.82) is 0 Å². The summed E-state index contributed by atoms with van der Waals surface area (Å²) in [4.78, 5) is 12.4. The van der Waals surface area contributed by atoms with Gasteiger partial charge in [-0.3, -0.25) is 4.79 Å². The van der Waals surface area contributed by atoms with Crippen LogP contribution in [0.5, 0.6) is 0 Å². The van der Waals surface area contributed by atoms with E-state index in [2.05, 4.69) is 29.6 Å². The summed E-state index contributed by atoms with van der Waals surface area (Å²) < 4.78 is 5.30. The molecule has 1 heterocycles. The van der Waals surface area contributed by atoms with Crippen molar-refractivity contribution < 1.29 is 9.53 Å². The van der Waals surface area contributed by atoms with Crippen molar-refractivity contribution in [2.24, 2.45) is 5.73 Å². The molecule has 1 amide bonds. The molecule has 3 N–H and O–H groups in total. The number of nitrogens with two attached hydrogens (primary N) is 1. The van der Waals surface area contributed by atoms with Gasteiger partial charge in [0, 0.05) is 25.7 Å². The molecule has 0 spiro atoms. The summed E-state index contributed by atoms with van der Waals surface area (Å²) in [5, 5.41) is 3.08. The molecule has 1 aliphatic carbocycles. The molecule has 1 atom stereocenters. The summed E-state index contributed by atoms with van der Waals surface area (Å²) in [6.45, 7) is 1.85. The fraction of sp³-hybridized carbons (Fsp3) is 0.588. The summed E-state index contributed by atoms with van der Waals surface area (Å²) in [6.07, 6.45) is 4.70. The molecule has 1 aliphatic heterocycles. The number of fused-ring (bicyclic) bond motifs is 1. The van der Waals surface area contributed by atoms with E-state index >= 15 is 0 Å². The lowest BCUT2D eigenvalue weighted by Crippen LogP contribution is -2.57. The zero-order valence-electron chi connectivity index (χ0n) is 12.8. The molecule has 3 rings (SSSR count). The Labute approximate surface area is 138 Å². The number of aryl methyl sites for hydroxylation is 1. The Morgan fingerprint density at radius 3 is 2.82 bits per heavy atom. The van der Waals surface area contributed by atoms with Crippen LogP contribution in [0, 0.1) is 0 Å². The molecule has 0 aromatic heterocycles. The number of amides is 1. The minimum Gasteiger partial charge on any atom is -0.381 e. The quantitative estimate of drug-likeness (QED) is 0.895. The highest BCUT2D eigenvalue weighted by molar-refractivity contribution is 5.86.